The molecule has 0 aromatic rings. The molecule has 0 aliphatic heterocycles. The van der Waals surface area contributed by atoms with Crippen molar-refractivity contribution in [2.75, 3.05) is 4.24 Å². The monoisotopic (exact) mass is 286 g/mol. The van der Waals surface area contributed by atoms with Crippen LogP contribution in [-0.4, -0.2) is 10.0 Å². The van der Waals surface area contributed by atoms with Crippen LogP contribution in [0.25, 0.3) is 0 Å². The Balaban J connectivity index is 0. The average molecular weight is 288 g/mol. The van der Waals surface area contributed by atoms with Gasteiger partial charge in [0.1, 0.15) is 5.78 Å². The Morgan fingerprint density at radius 3 is 2.00 bits per heavy atom. The van der Waals surface area contributed by atoms with Crippen LogP contribution >= 0.6 is 31.9 Å². The first-order valence-corrected chi connectivity index (χ1v) is 6.04. The van der Waals surface area contributed by atoms with Gasteiger partial charge in [-0.15, -0.1) is 0 Å². The zero-order valence-corrected chi connectivity index (χ0v) is 10.4. The maximum Gasteiger partial charge on any atom is 0.129 e. The second kappa shape index (κ2) is 13.2. The van der Waals surface area contributed by atoms with E-state index in [0.29, 0.717) is 5.78 Å². The first kappa shape index (κ1) is 14.2. The number of rotatable bonds is 4. The van der Waals surface area contributed by atoms with Gasteiger partial charge in [0.05, 0.1) is 4.24 Å². The Kier molecular flexibility index (Phi) is 17.1. The van der Waals surface area contributed by atoms with Gasteiger partial charge in [-0.1, -0.05) is 51.6 Å². The standard InChI is InChI=1S/C7H14O.CH2Br2/c1-3-4-5-6-7(2)8;2-1-3/h3-6H2,1-2H3;1H2. The molecule has 68 valence electrons. The predicted molar refractivity (Wildman–Crippen MR) is 57.5 cm³/mol. The van der Waals surface area contributed by atoms with E-state index in [2.05, 4.69) is 38.8 Å². The van der Waals surface area contributed by atoms with Crippen molar-refractivity contribution in [3.63, 3.8) is 0 Å². The second-order valence-electron chi connectivity index (χ2n) is 2.26. The number of Topliss-reactive ketones (excluding diaryl/α,β-unsaturated/α-hetero) is 1. The number of hydrogen-bond donors (Lipinski definition) is 0. The molecule has 0 fully saturated rings. The van der Waals surface area contributed by atoms with Crippen molar-refractivity contribution in [2.24, 2.45) is 0 Å². The van der Waals surface area contributed by atoms with Crippen LogP contribution in [0.1, 0.15) is 39.5 Å². The van der Waals surface area contributed by atoms with Crippen molar-refractivity contribution in [3.8, 4) is 0 Å². The van der Waals surface area contributed by atoms with Gasteiger partial charge in [0.25, 0.3) is 0 Å². The fourth-order valence-electron chi connectivity index (χ4n) is 0.624. The normalized spacial score (nSPS) is 8.36. The Hall–Kier alpha value is 0.630. The molecule has 0 N–H and O–H groups in total. The first-order valence-electron chi connectivity index (χ1n) is 3.80. The van der Waals surface area contributed by atoms with Gasteiger partial charge in [0.15, 0.2) is 0 Å². The van der Waals surface area contributed by atoms with Crippen LogP contribution in [-0.2, 0) is 4.79 Å². The lowest BCUT2D eigenvalue weighted by Gasteiger charge is -1.90. The van der Waals surface area contributed by atoms with Gasteiger partial charge in [-0.05, 0) is 13.3 Å². The fourth-order valence-corrected chi connectivity index (χ4v) is 0.624. The molecule has 0 heterocycles. The zero-order valence-electron chi connectivity index (χ0n) is 7.20. The summed E-state index contributed by atoms with van der Waals surface area (Å²) in [7, 11) is 0. The third-order valence-electron chi connectivity index (χ3n) is 1.13. The summed E-state index contributed by atoms with van der Waals surface area (Å²) in [5, 5.41) is 0. The molecule has 0 unspecified atom stereocenters. The highest BCUT2D eigenvalue weighted by Gasteiger charge is 1.89. The Labute approximate surface area is 86.2 Å². The van der Waals surface area contributed by atoms with Gasteiger partial charge in [0, 0.05) is 6.42 Å². The minimum atomic E-state index is 0.318. The number of carbonyl (C=O) groups excluding carboxylic acids is 1. The minimum absolute atomic E-state index is 0.318. The summed E-state index contributed by atoms with van der Waals surface area (Å²) in [4.78, 5) is 10.3. The van der Waals surface area contributed by atoms with Gasteiger partial charge in [-0.2, -0.15) is 0 Å². The van der Waals surface area contributed by atoms with Crippen LogP contribution < -0.4 is 0 Å². The molecule has 0 aromatic heterocycles. The Morgan fingerprint density at radius 1 is 1.27 bits per heavy atom. The molecule has 0 saturated heterocycles. The van der Waals surface area contributed by atoms with E-state index in [9.17, 15) is 4.79 Å². The topological polar surface area (TPSA) is 17.1 Å². The van der Waals surface area contributed by atoms with Crippen molar-refractivity contribution in [2.45, 2.75) is 39.5 Å². The fraction of sp³-hybridized carbons (Fsp3) is 0.875. The van der Waals surface area contributed by atoms with E-state index in [1.807, 2.05) is 0 Å². The maximum absolute atomic E-state index is 10.3. The Bertz CT molecular complexity index is 84.2. The smallest absolute Gasteiger partial charge is 0.129 e. The summed E-state index contributed by atoms with van der Waals surface area (Å²) in [6, 6.07) is 0. The number of unbranched alkanes of at least 4 members (excludes halogenated alkanes) is 2. The molecule has 0 bridgehead atoms. The lowest BCUT2D eigenvalue weighted by Crippen LogP contribution is -1.87. The summed E-state index contributed by atoms with van der Waals surface area (Å²) < 4.78 is 0.875. The van der Waals surface area contributed by atoms with Gasteiger partial charge < -0.3 is 4.79 Å². The average Bonchev–Trinajstić information content (AvgIpc) is 1.89. The lowest BCUT2D eigenvalue weighted by molar-refractivity contribution is -0.117. The summed E-state index contributed by atoms with van der Waals surface area (Å²) in [5.74, 6) is 0.318. The van der Waals surface area contributed by atoms with Gasteiger partial charge in [-0.25, -0.2) is 0 Å². The molecular weight excluding hydrogens is 272 g/mol. The lowest BCUT2D eigenvalue weighted by atomic mass is 10.2. The first-order chi connectivity index (χ1) is 5.18. The predicted octanol–water partition coefficient (Wildman–Crippen LogP) is 3.89. The van der Waals surface area contributed by atoms with Crippen LogP contribution in [0.2, 0.25) is 0 Å². The number of hydrogen-bond acceptors (Lipinski definition) is 1. The van der Waals surface area contributed by atoms with Crippen molar-refractivity contribution in [1.29, 1.82) is 0 Å². The molecule has 0 aliphatic rings. The number of halogens is 2. The van der Waals surface area contributed by atoms with Crippen LogP contribution in [0.4, 0.5) is 0 Å². The van der Waals surface area contributed by atoms with Crippen LogP contribution in [0.15, 0.2) is 0 Å². The quantitative estimate of drug-likeness (QED) is 0.566. The van der Waals surface area contributed by atoms with Gasteiger partial charge in [-0.3, -0.25) is 0 Å². The SMILES string of the molecule is BrCBr.CCCCCC(C)=O. The molecule has 0 amide bonds. The Morgan fingerprint density at radius 2 is 1.73 bits per heavy atom. The molecular formula is C8H16Br2O. The number of ketones is 1. The molecule has 0 aromatic carbocycles. The summed E-state index contributed by atoms with van der Waals surface area (Å²) >= 11 is 6.12. The molecule has 1 nitrogen and oxygen atoms in total. The molecule has 0 radical (unpaired) electrons. The van der Waals surface area contributed by atoms with E-state index in [0.717, 1.165) is 17.1 Å². The van der Waals surface area contributed by atoms with Gasteiger partial charge in [0.2, 0.25) is 0 Å². The second-order valence-corrected chi connectivity index (χ2v) is 4.89. The van der Waals surface area contributed by atoms with E-state index in [1.54, 1.807) is 6.92 Å². The van der Waals surface area contributed by atoms with Crippen molar-refractivity contribution in [1.82, 2.24) is 0 Å². The van der Waals surface area contributed by atoms with Crippen LogP contribution in [0.3, 0.4) is 0 Å². The maximum atomic E-state index is 10.3. The van der Waals surface area contributed by atoms with E-state index in [1.165, 1.54) is 12.8 Å². The highest BCUT2D eigenvalue weighted by atomic mass is 79.9. The minimum Gasteiger partial charge on any atom is -0.300 e. The molecule has 0 rings (SSSR count). The number of carbonyl (C=O) groups is 1. The number of alkyl halides is 2. The largest absolute Gasteiger partial charge is 0.300 e. The zero-order chi connectivity index (χ0) is 9.11. The molecule has 0 spiro atoms. The molecule has 0 saturated carbocycles. The van der Waals surface area contributed by atoms with E-state index in [-0.39, 0.29) is 0 Å². The van der Waals surface area contributed by atoms with Crippen LogP contribution in [0.5, 0.6) is 0 Å². The summed E-state index contributed by atoms with van der Waals surface area (Å²) in [6.07, 6.45) is 4.24. The van der Waals surface area contributed by atoms with Crippen LogP contribution in [0, 0.1) is 0 Å². The third kappa shape index (κ3) is 25.0. The summed E-state index contributed by atoms with van der Waals surface area (Å²) in [5.41, 5.74) is 0. The molecule has 3 heteroatoms. The van der Waals surface area contributed by atoms with E-state index in [4.69, 9.17) is 0 Å². The highest BCUT2D eigenvalue weighted by Crippen LogP contribution is 1.98. The summed E-state index contributed by atoms with van der Waals surface area (Å²) in [6.45, 7) is 3.79. The molecule has 0 aliphatic carbocycles. The molecule has 0 atom stereocenters. The third-order valence-corrected chi connectivity index (χ3v) is 1.13. The highest BCUT2D eigenvalue weighted by molar-refractivity contribution is 9.24. The van der Waals surface area contributed by atoms with Crippen molar-refractivity contribution in [3.05, 3.63) is 0 Å². The van der Waals surface area contributed by atoms with E-state index >= 15 is 0 Å². The van der Waals surface area contributed by atoms with Gasteiger partial charge >= 0.3 is 0 Å². The van der Waals surface area contributed by atoms with E-state index < -0.39 is 0 Å². The molecule has 11 heavy (non-hydrogen) atoms. The van der Waals surface area contributed by atoms with Crippen molar-refractivity contribution >= 4 is 37.6 Å². The van der Waals surface area contributed by atoms with Crippen molar-refractivity contribution < 1.29 is 4.79 Å².